The lowest BCUT2D eigenvalue weighted by molar-refractivity contribution is 0.157. The third-order valence-electron chi connectivity index (χ3n) is 6.14. The molecule has 6 nitrogen and oxygen atoms in total. The molecule has 0 aliphatic carbocycles. The Balaban J connectivity index is 2.12. The Labute approximate surface area is 210 Å². The number of hydrogen-bond donors (Lipinski definition) is 3. The Morgan fingerprint density at radius 1 is 0.917 bits per heavy atom. The molecule has 1 aromatic heterocycles. The number of ether oxygens (including phenoxy) is 1. The quantitative estimate of drug-likeness (QED) is 0.208. The lowest BCUT2D eigenvalue weighted by Gasteiger charge is -2.30. The van der Waals surface area contributed by atoms with E-state index in [4.69, 9.17) is 9.15 Å². The van der Waals surface area contributed by atoms with E-state index in [2.05, 4.69) is 6.08 Å². The van der Waals surface area contributed by atoms with Gasteiger partial charge >= 0.3 is 0 Å². The van der Waals surface area contributed by atoms with Gasteiger partial charge in [0, 0.05) is 11.6 Å². The van der Waals surface area contributed by atoms with E-state index in [0.717, 1.165) is 22.8 Å². The molecule has 3 aromatic rings. The summed E-state index contributed by atoms with van der Waals surface area (Å²) in [6.45, 7) is 11.8. The van der Waals surface area contributed by atoms with Gasteiger partial charge in [-0.2, -0.15) is 0 Å². The zero-order valence-corrected chi connectivity index (χ0v) is 21.5. The molecule has 2 heterocycles. The fourth-order valence-corrected chi connectivity index (χ4v) is 4.21. The molecule has 36 heavy (non-hydrogen) atoms. The van der Waals surface area contributed by atoms with Crippen LogP contribution in [0.5, 0.6) is 23.0 Å². The standard InChI is InChI=1S/C30H32O6/c1-16(2)7-9-18-13-22-26(34)19(10-8-17(3)4)28(21-14-24(32)25(33)15-23(21)31)35-29(22)20-11-12-30(5,6)36-27(18)20/h7-8,11-15,31-33H,9-10H2,1-6H3. The SMILES string of the molecule is CC(C)=CCc1cc2c(=O)c(CC=C(C)C)c(-c3cc(O)c(O)cc3O)oc2c2c1OC(C)(C)C=C2. The highest BCUT2D eigenvalue weighted by atomic mass is 16.5. The van der Waals surface area contributed by atoms with Gasteiger partial charge < -0.3 is 24.5 Å². The smallest absolute Gasteiger partial charge is 0.196 e. The minimum absolute atomic E-state index is 0.116. The van der Waals surface area contributed by atoms with Crippen LogP contribution in [-0.2, 0) is 12.8 Å². The summed E-state index contributed by atoms with van der Waals surface area (Å²) < 4.78 is 12.7. The predicted molar refractivity (Wildman–Crippen MR) is 143 cm³/mol. The zero-order valence-electron chi connectivity index (χ0n) is 21.5. The van der Waals surface area contributed by atoms with E-state index in [1.54, 1.807) is 0 Å². The van der Waals surface area contributed by atoms with Crippen LogP contribution in [0.4, 0.5) is 0 Å². The first-order valence-corrected chi connectivity index (χ1v) is 11.9. The molecule has 0 bridgehead atoms. The lowest BCUT2D eigenvalue weighted by Crippen LogP contribution is -2.28. The van der Waals surface area contributed by atoms with Crippen molar-refractivity contribution in [3.8, 4) is 34.3 Å². The number of hydrogen-bond acceptors (Lipinski definition) is 6. The summed E-state index contributed by atoms with van der Waals surface area (Å²) in [5.41, 5.74) is 3.75. The molecule has 0 atom stereocenters. The largest absolute Gasteiger partial charge is 0.507 e. The fraction of sp³-hybridized carbons (Fsp3) is 0.300. The number of aromatic hydroxyl groups is 3. The third-order valence-corrected chi connectivity index (χ3v) is 6.14. The normalized spacial score (nSPS) is 13.7. The van der Waals surface area contributed by atoms with Crippen molar-refractivity contribution in [1.82, 2.24) is 0 Å². The average molecular weight is 489 g/mol. The van der Waals surface area contributed by atoms with Crippen LogP contribution in [0.2, 0.25) is 0 Å². The van der Waals surface area contributed by atoms with Gasteiger partial charge in [0.05, 0.1) is 16.5 Å². The molecule has 0 radical (unpaired) electrons. The van der Waals surface area contributed by atoms with Gasteiger partial charge in [-0.05, 0) is 84.2 Å². The van der Waals surface area contributed by atoms with E-state index in [1.807, 2.05) is 65.8 Å². The molecule has 0 saturated carbocycles. The Hall–Kier alpha value is -3.93. The maximum Gasteiger partial charge on any atom is 0.196 e. The van der Waals surface area contributed by atoms with Crippen LogP contribution in [-0.4, -0.2) is 20.9 Å². The summed E-state index contributed by atoms with van der Waals surface area (Å²) in [5.74, 6) is -0.423. The Bertz CT molecular complexity index is 1510. The monoisotopic (exact) mass is 488 g/mol. The number of phenolic OH excluding ortho intramolecular Hbond substituents is 3. The van der Waals surface area contributed by atoms with Crippen molar-refractivity contribution < 1.29 is 24.5 Å². The summed E-state index contributed by atoms with van der Waals surface area (Å²) in [4.78, 5) is 13.9. The third kappa shape index (κ3) is 4.76. The molecular weight excluding hydrogens is 456 g/mol. The van der Waals surface area contributed by atoms with Gasteiger partial charge in [0.15, 0.2) is 16.9 Å². The second-order valence-electron chi connectivity index (χ2n) is 10.3. The van der Waals surface area contributed by atoms with Crippen LogP contribution in [0.3, 0.4) is 0 Å². The lowest BCUT2D eigenvalue weighted by atomic mass is 9.93. The van der Waals surface area contributed by atoms with Crippen LogP contribution < -0.4 is 10.2 Å². The fourth-order valence-electron chi connectivity index (χ4n) is 4.21. The van der Waals surface area contributed by atoms with Gasteiger partial charge in [-0.3, -0.25) is 4.79 Å². The number of rotatable bonds is 5. The van der Waals surface area contributed by atoms with Crippen molar-refractivity contribution in [2.75, 3.05) is 0 Å². The molecule has 2 aromatic carbocycles. The molecule has 3 N–H and O–H groups in total. The van der Waals surface area contributed by atoms with E-state index >= 15 is 0 Å². The molecule has 4 rings (SSSR count). The summed E-state index contributed by atoms with van der Waals surface area (Å²) in [7, 11) is 0. The van der Waals surface area contributed by atoms with Crippen LogP contribution in [0.1, 0.15) is 58.2 Å². The Morgan fingerprint density at radius 2 is 1.56 bits per heavy atom. The van der Waals surface area contributed by atoms with Crippen molar-refractivity contribution in [2.24, 2.45) is 0 Å². The minimum atomic E-state index is -0.534. The summed E-state index contributed by atoms with van der Waals surface area (Å²) in [6, 6.07) is 4.06. The van der Waals surface area contributed by atoms with Crippen molar-refractivity contribution >= 4 is 17.0 Å². The van der Waals surface area contributed by atoms with Crippen LogP contribution in [0, 0.1) is 0 Å². The van der Waals surface area contributed by atoms with Gasteiger partial charge in [-0.25, -0.2) is 0 Å². The highest BCUT2D eigenvalue weighted by Crippen LogP contribution is 2.43. The van der Waals surface area contributed by atoms with Gasteiger partial charge in [0.25, 0.3) is 0 Å². The van der Waals surface area contributed by atoms with Crippen LogP contribution in [0.25, 0.3) is 28.4 Å². The van der Waals surface area contributed by atoms with Crippen LogP contribution >= 0.6 is 0 Å². The average Bonchev–Trinajstić information content (AvgIpc) is 2.78. The molecular formula is C30H32O6. The Morgan fingerprint density at radius 3 is 2.22 bits per heavy atom. The first-order valence-electron chi connectivity index (χ1n) is 11.9. The summed E-state index contributed by atoms with van der Waals surface area (Å²) >= 11 is 0. The van der Waals surface area contributed by atoms with Crippen molar-refractivity contribution in [3.63, 3.8) is 0 Å². The number of allylic oxidation sites excluding steroid dienone is 4. The maximum atomic E-state index is 13.9. The Kier molecular flexibility index (Phi) is 6.48. The van der Waals surface area contributed by atoms with Gasteiger partial charge in [0.1, 0.15) is 28.4 Å². The number of benzene rings is 2. The second kappa shape index (κ2) is 9.26. The summed E-state index contributed by atoms with van der Waals surface area (Å²) in [5, 5.41) is 31.0. The molecule has 0 saturated heterocycles. The minimum Gasteiger partial charge on any atom is -0.507 e. The summed E-state index contributed by atoms with van der Waals surface area (Å²) in [6.07, 6.45) is 8.70. The van der Waals surface area contributed by atoms with E-state index in [1.165, 1.54) is 6.07 Å². The van der Waals surface area contributed by atoms with Crippen LogP contribution in [0.15, 0.2) is 56.8 Å². The topological polar surface area (TPSA) is 100 Å². The van der Waals surface area contributed by atoms with Crippen molar-refractivity contribution in [3.05, 3.63) is 74.5 Å². The van der Waals surface area contributed by atoms with E-state index in [0.29, 0.717) is 34.3 Å². The molecule has 0 spiro atoms. The van der Waals surface area contributed by atoms with Gasteiger partial charge in [-0.15, -0.1) is 0 Å². The molecule has 1 aliphatic heterocycles. The van der Waals surface area contributed by atoms with Gasteiger partial charge in [-0.1, -0.05) is 23.3 Å². The van der Waals surface area contributed by atoms with Crippen molar-refractivity contribution in [1.29, 1.82) is 0 Å². The molecule has 0 fully saturated rings. The predicted octanol–water partition coefficient (Wildman–Crippen LogP) is 6.78. The molecule has 188 valence electrons. The maximum absolute atomic E-state index is 13.9. The molecule has 0 amide bonds. The highest BCUT2D eigenvalue weighted by molar-refractivity contribution is 5.92. The van der Waals surface area contributed by atoms with E-state index in [9.17, 15) is 20.1 Å². The first kappa shape index (κ1) is 25.2. The highest BCUT2D eigenvalue weighted by Gasteiger charge is 2.29. The molecule has 0 unspecified atom stereocenters. The number of fused-ring (bicyclic) bond motifs is 3. The van der Waals surface area contributed by atoms with Crippen molar-refractivity contribution in [2.45, 2.75) is 60.0 Å². The van der Waals surface area contributed by atoms with E-state index < -0.39 is 17.1 Å². The zero-order chi connectivity index (χ0) is 26.4. The molecule has 1 aliphatic rings. The number of phenols is 3. The molecule has 6 heteroatoms. The first-order chi connectivity index (χ1) is 16.9. The second-order valence-corrected chi connectivity index (χ2v) is 10.3. The van der Waals surface area contributed by atoms with Gasteiger partial charge in [0.2, 0.25) is 0 Å². The van der Waals surface area contributed by atoms with E-state index in [-0.39, 0.29) is 28.9 Å².